The lowest BCUT2D eigenvalue weighted by atomic mass is 10.6. The summed E-state index contributed by atoms with van der Waals surface area (Å²) in [4.78, 5) is 6.46. The molecule has 64 valence electrons. The number of aromatic nitrogens is 1. The van der Waals surface area contributed by atoms with Crippen LogP contribution < -0.4 is 4.90 Å². The summed E-state index contributed by atoms with van der Waals surface area (Å²) in [5.41, 5.74) is 0. The van der Waals surface area contributed by atoms with Gasteiger partial charge in [-0.05, 0) is 6.92 Å². The topological polar surface area (TPSA) is 39.9 Å². The largest absolute Gasteiger partial charge is 0.351 e. The maximum absolute atomic E-state index is 8.60. The van der Waals surface area contributed by atoms with Gasteiger partial charge in [-0.1, -0.05) is 22.9 Å². The van der Waals surface area contributed by atoms with Gasteiger partial charge in [-0.3, -0.25) is 0 Å². The normalized spacial score (nSPS) is 9.50. The van der Waals surface area contributed by atoms with Crippen molar-refractivity contribution in [3.8, 4) is 6.07 Å². The highest BCUT2D eigenvalue weighted by Gasteiger charge is 2.10. The highest BCUT2D eigenvalue weighted by Crippen LogP contribution is 2.27. The highest BCUT2D eigenvalue weighted by atomic mass is 35.5. The van der Waals surface area contributed by atoms with Crippen molar-refractivity contribution in [3.63, 3.8) is 0 Å². The first-order valence-electron chi connectivity index (χ1n) is 3.46. The third kappa shape index (κ3) is 1.68. The molecule has 0 unspecified atom stereocenters. The van der Waals surface area contributed by atoms with Crippen molar-refractivity contribution in [2.24, 2.45) is 0 Å². The molecular formula is C7H8ClN3S. The third-order valence-corrected chi connectivity index (χ3v) is 2.94. The summed E-state index contributed by atoms with van der Waals surface area (Å²) in [5, 5.41) is 9.70. The van der Waals surface area contributed by atoms with Crippen LogP contribution in [0.3, 0.4) is 0 Å². The zero-order valence-electron chi connectivity index (χ0n) is 6.83. The van der Waals surface area contributed by atoms with E-state index in [2.05, 4.69) is 4.98 Å². The van der Waals surface area contributed by atoms with Crippen LogP contribution in [0.15, 0.2) is 0 Å². The number of hydrogen-bond acceptors (Lipinski definition) is 4. The van der Waals surface area contributed by atoms with E-state index in [1.807, 2.05) is 24.9 Å². The molecule has 0 fully saturated rings. The molecule has 0 aliphatic rings. The number of thiazole rings is 1. The van der Waals surface area contributed by atoms with Gasteiger partial charge in [0.05, 0.1) is 0 Å². The van der Waals surface area contributed by atoms with Gasteiger partial charge < -0.3 is 4.90 Å². The minimum absolute atomic E-state index is 0.304. The van der Waals surface area contributed by atoms with E-state index < -0.39 is 0 Å². The van der Waals surface area contributed by atoms with Gasteiger partial charge in [0.1, 0.15) is 10.9 Å². The lowest BCUT2D eigenvalue weighted by molar-refractivity contribution is 0.958. The fourth-order valence-corrected chi connectivity index (χ4v) is 1.73. The van der Waals surface area contributed by atoms with Gasteiger partial charge in [-0.15, -0.1) is 0 Å². The lowest BCUT2D eigenvalue weighted by Gasteiger charge is -2.10. The predicted molar refractivity (Wildman–Crippen MR) is 50.8 cm³/mol. The fraction of sp³-hybridized carbons (Fsp3) is 0.429. The zero-order chi connectivity index (χ0) is 9.14. The zero-order valence-corrected chi connectivity index (χ0v) is 8.41. The number of halogens is 1. The van der Waals surface area contributed by atoms with E-state index in [1.165, 1.54) is 11.3 Å². The molecule has 3 nitrogen and oxygen atoms in total. The van der Waals surface area contributed by atoms with Crippen molar-refractivity contribution in [1.82, 2.24) is 4.98 Å². The van der Waals surface area contributed by atoms with Gasteiger partial charge in [-0.2, -0.15) is 5.26 Å². The van der Waals surface area contributed by atoms with Crippen LogP contribution in [0.25, 0.3) is 0 Å². The third-order valence-electron chi connectivity index (χ3n) is 1.48. The van der Waals surface area contributed by atoms with Crippen molar-refractivity contribution in [1.29, 1.82) is 5.26 Å². The van der Waals surface area contributed by atoms with E-state index in [-0.39, 0.29) is 0 Å². The van der Waals surface area contributed by atoms with Crippen molar-refractivity contribution < 1.29 is 0 Å². The van der Waals surface area contributed by atoms with Crippen LogP contribution >= 0.6 is 22.9 Å². The Labute approximate surface area is 80.2 Å². The molecule has 0 aliphatic carbocycles. The lowest BCUT2D eigenvalue weighted by Crippen LogP contribution is -2.15. The van der Waals surface area contributed by atoms with Crippen molar-refractivity contribution in [2.45, 2.75) is 6.92 Å². The summed E-state index contributed by atoms with van der Waals surface area (Å²) in [6.07, 6.45) is 0. The summed E-state index contributed by atoms with van der Waals surface area (Å²) in [7, 11) is 1.91. The summed E-state index contributed by atoms with van der Waals surface area (Å²) in [5.74, 6) is 0. The molecule has 0 saturated heterocycles. The van der Waals surface area contributed by atoms with Crippen LogP contribution in [-0.2, 0) is 0 Å². The molecule has 0 saturated carbocycles. The Hall–Kier alpha value is -0.790. The van der Waals surface area contributed by atoms with Crippen LogP contribution in [0.1, 0.15) is 11.8 Å². The monoisotopic (exact) mass is 201 g/mol. The van der Waals surface area contributed by atoms with Gasteiger partial charge in [-0.25, -0.2) is 4.98 Å². The van der Waals surface area contributed by atoms with Crippen LogP contribution in [0.5, 0.6) is 0 Å². The maximum Gasteiger partial charge on any atom is 0.187 e. The van der Waals surface area contributed by atoms with Crippen LogP contribution in [0.4, 0.5) is 5.13 Å². The van der Waals surface area contributed by atoms with Crippen molar-refractivity contribution >= 4 is 28.1 Å². The number of nitriles is 1. The molecule has 0 aliphatic heterocycles. The Kier molecular flexibility index (Phi) is 2.90. The second-order valence-corrected chi connectivity index (χ2v) is 3.58. The summed E-state index contributed by atoms with van der Waals surface area (Å²) in [6, 6.07) is 1.99. The number of hydrogen-bond donors (Lipinski definition) is 0. The Morgan fingerprint density at radius 1 is 1.75 bits per heavy atom. The number of rotatable bonds is 2. The van der Waals surface area contributed by atoms with Gasteiger partial charge >= 0.3 is 0 Å². The van der Waals surface area contributed by atoms with Crippen LogP contribution in [-0.4, -0.2) is 18.6 Å². The van der Waals surface area contributed by atoms with Crippen LogP contribution in [0.2, 0.25) is 5.15 Å². The standard InChI is InChI=1S/C7H8ClN3S/c1-3-11(2)7-10-6(8)5(4-9)12-7/h3H2,1-2H3. The minimum atomic E-state index is 0.304. The number of anilines is 1. The minimum Gasteiger partial charge on any atom is -0.351 e. The van der Waals surface area contributed by atoms with Crippen molar-refractivity contribution in [3.05, 3.63) is 10.0 Å². The molecular weight excluding hydrogens is 194 g/mol. The quantitative estimate of drug-likeness (QED) is 0.736. The predicted octanol–water partition coefficient (Wildman–Crippen LogP) is 2.12. The highest BCUT2D eigenvalue weighted by molar-refractivity contribution is 7.16. The van der Waals surface area contributed by atoms with Gasteiger partial charge in [0.15, 0.2) is 10.3 Å². The molecule has 0 amide bonds. The molecule has 0 bridgehead atoms. The summed E-state index contributed by atoms with van der Waals surface area (Å²) < 4.78 is 0. The Morgan fingerprint density at radius 3 is 2.83 bits per heavy atom. The van der Waals surface area contributed by atoms with E-state index in [9.17, 15) is 0 Å². The average molecular weight is 202 g/mol. The molecule has 0 N–H and O–H groups in total. The Balaban J connectivity index is 2.98. The molecule has 0 spiro atoms. The van der Waals surface area contributed by atoms with E-state index in [1.54, 1.807) is 0 Å². The SMILES string of the molecule is CCN(C)c1nc(Cl)c(C#N)s1. The van der Waals surface area contributed by atoms with E-state index in [4.69, 9.17) is 16.9 Å². The second-order valence-electron chi connectivity index (χ2n) is 2.24. The Morgan fingerprint density at radius 2 is 2.42 bits per heavy atom. The first kappa shape index (κ1) is 9.30. The van der Waals surface area contributed by atoms with E-state index in [0.717, 1.165) is 11.7 Å². The van der Waals surface area contributed by atoms with Gasteiger partial charge in [0, 0.05) is 13.6 Å². The van der Waals surface area contributed by atoms with Gasteiger partial charge in [0.2, 0.25) is 0 Å². The van der Waals surface area contributed by atoms with E-state index in [0.29, 0.717) is 10.0 Å². The summed E-state index contributed by atoms with van der Waals surface area (Å²) >= 11 is 7.01. The average Bonchev–Trinajstić information content (AvgIpc) is 2.45. The fourth-order valence-electron chi connectivity index (χ4n) is 0.658. The Bertz CT molecular complexity index is 315. The van der Waals surface area contributed by atoms with Crippen molar-refractivity contribution in [2.75, 3.05) is 18.5 Å². The molecule has 12 heavy (non-hydrogen) atoms. The van der Waals surface area contributed by atoms with Gasteiger partial charge in [0.25, 0.3) is 0 Å². The summed E-state index contributed by atoms with van der Waals surface area (Å²) in [6.45, 7) is 2.87. The second kappa shape index (κ2) is 3.74. The first-order valence-corrected chi connectivity index (χ1v) is 4.66. The smallest absolute Gasteiger partial charge is 0.187 e. The molecule has 1 aromatic rings. The van der Waals surface area contributed by atoms with E-state index >= 15 is 0 Å². The molecule has 1 aromatic heterocycles. The molecule has 1 rings (SSSR count). The molecule has 0 atom stereocenters. The molecule has 1 heterocycles. The number of nitrogens with zero attached hydrogens (tertiary/aromatic N) is 3. The molecule has 5 heteroatoms. The molecule has 0 aromatic carbocycles. The van der Waals surface area contributed by atoms with Crippen LogP contribution in [0, 0.1) is 11.3 Å². The maximum atomic E-state index is 8.60. The molecule has 0 radical (unpaired) electrons. The first-order chi connectivity index (χ1) is 5.69.